The first-order valence-corrected chi connectivity index (χ1v) is 9.00. The van der Waals surface area contributed by atoms with E-state index in [1.807, 2.05) is 29.6 Å². The normalized spacial score (nSPS) is 10.3. The highest BCUT2D eigenvalue weighted by Crippen LogP contribution is 2.24. The van der Waals surface area contributed by atoms with Crippen LogP contribution in [0.25, 0.3) is 11.3 Å². The molecule has 0 radical (unpaired) electrons. The molecule has 0 saturated heterocycles. The molecule has 1 aromatic carbocycles. The molecular formula is C19H18N4O2S. The van der Waals surface area contributed by atoms with E-state index in [1.54, 1.807) is 24.5 Å². The van der Waals surface area contributed by atoms with Gasteiger partial charge in [-0.2, -0.15) is 0 Å². The Hall–Kier alpha value is -3.06. The summed E-state index contributed by atoms with van der Waals surface area (Å²) in [5, 5.41) is 8.00. The van der Waals surface area contributed by atoms with Gasteiger partial charge >= 0.3 is 0 Å². The number of carbonyl (C=O) groups excluding carboxylic acids is 2. The highest BCUT2D eigenvalue weighted by atomic mass is 32.1. The monoisotopic (exact) mass is 366 g/mol. The number of nitrogens with zero attached hydrogens (tertiary/aromatic N) is 2. The van der Waals surface area contributed by atoms with E-state index in [4.69, 9.17) is 0 Å². The summed E-state index contributed by atoms with van der Waals surface area (Å²) in [6.45, 7) is 2.07. The van der Waals surface area contributed by atoms with Crippen LogP contribution in [0.15, 0.2) is 54.2 Å². The Morgan fingerprint density at radius 1 is 1.15 bits per heavy atom. The molecule has 3 rings (SSSR count). The standard InChI is InChI=1S/C19H18N4O2S/c1-13(24)21-10-8-14-4-6-15(7-5-14)18(25)23-19-22-17(12-26-19)16-3-2-9-20-11-16/h2-7,9,11-12H,8,10H2,1H3,(H,21,24)(H,22,23,25). The first-order valence-electron chi connectivity index (χ1n) is 8.12. The van der Waals surface area contributed by atoms with E-state index in [9.17, 15) is 9.59 Å². The van der Waals surface area contributed by atoms with E-state index in [0.717, 1.165) is 23.2 Å². The van der Waals surface area contributed by atoms with Crippen molar-refractivity contribution < 1.29 is 9.59 Å². The molecule has 2 heterocycles. The lowest BCUT2D eigenvalue weighted by Gasteiger charge is -2.05. The molecule has 3 aromatic rings. The Morgan fingerprint density at radius 3 is 2.65 bits per heavy atom. The Kier molecular flexibility index (Phi) is 5.70. The molecule has 26 heavy (non-hydrogen) atoms. The molecule has 0 aliphatic carbocycles. The predicted octanol–water partition coefficient (Wildman–Crippen LogP) is 3.14. The zero-order valence-electron chi connectivity index (χ0n) is 14.2. The van der Waals surface area contributed by atoms with Gasteiger partial charge < -0.3 is 5.32 Å². The van der Waals surface area contributed by atoms with E-state index in [-0.39, 0.29) is 11.8 Å². The molecule has 2 amide bonds. The average molecular weight is 366 g/mol. The molecule has 7 heteroatoms. The van der Waals surface area contributed by atoms with E-state index < -0.39 is 0 Å². The second kappa shape index (κ2) is 8.35. The molecule has 0 bridgehead atoms. The lowest BCUT2D eigenvalue weighted by atomic mass is 10.1. The van der Waals surface area contributed by atoms with E-state index in [1.165, 1.54) is 18.3 Å². The molecule has 2 N–H and O–H groups in total. The number of anilines is 1. The number of carbonyl (C=O) groups is 2. The van der Waals surface area contributed by atoms with Gasteiger partial charge in [-0.3, -0.25) is 19.9 Å². The number of amides is 2. The minimum Gasteiger partial charge on any atom is -0.356 e. The maximum atomic E-state index is 12.4. The van der Waals surface area contributed by atoms with Crippen molar-refractivity contribution in [2.45, 2.75) is 13.3 Å². The first kappa shape index (κ1) is 17.8. The summed E-state index contributed by atoms with van der Waals surface area (Å²) < 4.78 is 0. The van der Waals surface area contributed by atoms with Gasteiger partial charge in [-0.1, -0.05) is 12.1 Å². The average Bonchev–Trinajstić information content (AvgIpc) is 3.11. The third kappa shape index (κ3) is 4.73. The molecule has 2 aromatic heterocycles. The van der Waals surface area contributed by atoms with Crippen LogP contribution in [0, 0.1) is 0 Å². The van der Waals surface area contributed by atoms with E-state index in [2.05, 4.69) is 20.6 Å². The second-order valence-electron chi connectivity index (χ2n) is 5.66. The van der Waals surface area contributed by atoms with Crippen LogP contribution in [0.2, 0.25) is 0 Å². The Morgan fingerprint density at radius 2 is 1.96 bits per heavy atom. The number of aromatic nitrogens is 2. The largest absolute Gasteiger partial charge is 0.356 e. The van der Waals surface area contributed by atoms with Crippen LogP contribution in [0.1, 0.15) is 22.8 Å². The van der Waals surface area contributed by atoms with Crippen LogP contribution >= 0.6 is 11.3 Å². The lowest BCUT2D eigenvalue weighted by molar-refractivity contribution is -0.118. The Bertz CT molecular complexity index is 891. The van der Waals surface area contributed by atoms with Crippen molar-refractivity contribution in [1.29, 1.82) is 0 Å². The van der Waals surface area contributed by atoms with Crippen LogP contribution in [0.5, 0.6) is 0 Å². The van der Waals surface area contributed by atoms with Gasteiger partial charge in [0.05, 0.1) is 5.69 Å². The lowest BCUT2D eigenvalue weighted by Crippen LogP contribution is -2.22. The van der Waals surface area contributed by atoms with Crippen LogP contribution in [0.3, 0.4) is 0 Å². The molecule has 6 nitrogen and oxygen atoms in total. The molecular weight excluding hydrogens is 348 g/mol. The van der Waals surface area contributed by atoms with Gasteiger partial charge in [0.1, 0.15) is 0 Å². The maximum Gasteiger partial charge on any atom is 0.257 e. The number of thiazole rings is 1. The van der Waals surface area contributed by atoms with Gasteiger partial charge in [-0.15, -0.1) is 11.3 Å². The van der Waals surface area contributed by atoms with Gasteiger partial charge in [0.25, 0.3) is 5.91 Å². The van der Waals surface area contributed by atoms with E-state index in [0.29, 0.717) is 17.2 Å². The summed E-state index contributed by atoms with van der Waals surface area (Å²) >= 11 is 1.37. The Balaban J connectivity index is 1.60. The van der Waals surface area contributed by atoms with Crippen LogP contribution in [-0.4, -0.2) is 28.3 Å². The number of hydrogen-bond donors (Lipinski definition) is 2. The summed E-state index contributed by atoms with van der Waals surface area (Å²) in [4.78, 5) is 31.7. The van der Waals surface area contributed by atoms with Crippen LogP contribution in [-0.2, 0) is 11.2 Å². The zero-order valence-corrected chi connectivity index (χ0v) is 15.0. The highest BCUT2D eigenvalue weighted by molar-refractivity contribution is 7.14. The van der Waals surface area contributed by atoms with Crippen molar-refractivity contribution in [2.75, 3.05) is 11.9 Å². The first-order chi connectivity index (χ1) is 12.6. The van der Waals surface area contributed by atoms with Gasteiger partial charge in [0, 0.05) is 42.4 Å². The van der Waals surface area contributed by atoms with Crippen molar-refractivity contribution in [1.82, 2.24) is 15.3 Å². The summed E-state index contributed by atoms with van der Waals surface area (Å²) in [7, 11) is 0. The minimum atomic E-state index is -0.203. The third-order valence-corrected chi connectivity index (χ3v) is 4.44. The van der Waals surface area contributed by atoms with Gasteiger partial charge in [0.2, 0.25) is 5.91 Å². The van der Waals surface area contributed by atoms with Crippen LogP contribution in [0.4, 0.5) is 5.13 Å². The van der Waals surface area contributed by atoms with Crippen molar-refractivity contribution in [3.63, 3.8) is 0 Å². The molecule has 132 valence electrons. The SMILES string of the molecule is CC(=O)NCCc1ccc(C(=O)Nc2nc(-c3cccnc3)cs2)cc1. The number of hydrogen-bond acceptors (Lipinski definition) is 5. The third-order valence-electron chi connectivity index (χ3n) is 3.69. The van der Waals surface area contributed by atoms with Crippen molar-refractivity contribution >= 4 is 28.3 Å². The molecule has 0 aliphatic heterocycles. The van der Waals surface area contributed by atoms with Crippen LogP contribution < -0.4 is 10.6 Å². The maximum absolute atomic E-state index is 12.4. The van der Waals surface area contributed by atoms with Crippen molar-refractivity contribution in [3.05, 3.63) is 65.3 Å². The van der Waals surface area contributed by atoms with E-state index >= 15 is 0 Å². The summed E-state index contributed by atoms with van der Waals surface area (Å²) in [6, 6.07) is 11.1. The number of pyridine rings is 1. The predicted molar refractivity (Wildman–Crippen MR) is 102 cm³/mol. The summed E-state index contributed by atoms with van der Waals surface area (Å²) in [6.07, 6.45) is 4.17. The molecule has 0 saturated carbocycles. The highest BCUT2D eigenvalue weighted by Gasteiger charge is 2.10. The molecule has 0 atom stereocenters. The molecule has 0 unspecified atom stereocenters. The van der Waals surface area contributed by atoms with Gasteiger partial charge in [0.15, 0.2) is 5.13 Å². The quantitative estimate of drug-likeness (QED) is 0.702. The smallest absolute Gasteiger partial charge is 0.257 e. The molecule has 0 spiro atoms. The summed E-state index contributed by atoms with van der Waals surface area (Å²) in [5.74, 6) is -0.249. The molecule has 0 aliphatic rings. The fourth-order valence-electron chi connectivity index (χ4n) is 2.35. The Labute approximate surface area is 155 Å². The number of nitrogens with one attached hydrogen (secondary N) is 2. The van der Waals surface area contributed by atoms with Gasteiger partial charge in [-0.05, 0) is 36.2 Å². The minimum absolute atomic E-state index is 0.0462. The summed E-state index contributed by atoms with van der Waals surface area (Å²) in [5.41, 5.74) is 3.31. The second-order valence-corrected chi connectivity index (χ2v) is 6.52. The number of rotatable bonds is 6. The topological polar surface area (TPSA) is 84.0 Å². The zero-order chi connectivity index (χ0) is 18.4. The molecule has 0 fully saturated rings. The van der Waals surface area contributed by atoms with Crippen molar-refractivity contribution in [2.24, 2.45) is 0 Å². The van der Waals surface area contributed by atoms with Gasteiger partial charge in [-0.25, -0.2) is 4.98 Å². The fourth-order valence-corrected chi connectivity index (χ4v) is 3.07. The van der Waals surface area contributed by atoms with Crippen molar-refractivity contribution in [3.8, 4) is 11.3 Å². The fraction of sp³-hybridized carbons (Fsp3) is 0.158. The number of benzene rings is 1.